The van der Waals surface area contributed by atoms with E-state index in [9.17, 15) is 13.2 Å². The highest BCUT2D eigenvalue weighted by Gasteiger charge is 2.38. The largest absolute Gasteiger partial charge is 0.301 e. The molecule has 4 rings (SSSR count). The number of hydrogen-bond donors (Lipinski definition) is 1. The zero-order valence-corrected chi connectivity index (χ0v) is 17.9. The molecule has 1 fully saturated rings. The van der Waals surface area contributed by atoms with Gasteiger partial charge in [-0.2, -0.15) is 4.31 Å². The van der Waals surface area contributed by atoms with Crippen LogP contribution in [-0.4, -0.2) is 36.2 Å². The van der Waals surface area contributed by atoms with E-state index >= 15 is 0 Å². The fourth-order valence-electron chi connectivity index (χ4n) is 3.51. The lowest BCUT2D eigenvalue weighted by Gasteiger charge is -2.32. The molecule has 1 aliphatic heterocycles. The number of sulfonamides is 1. The number of carbonyl (C=O) groups excluding carboxylic acids is 1. The number of carbonyl (C=O) groups is 1. The van der Waals surface area contributed by atoms with Crippen LogP contribution >= 0.6 is 22.7 Å². The maximum atomic E-state index is 13.0. The third kappa shape index (κ3) is 3.59. The molecule has 1 saturated heterocycles. The van der Waals surface area contributed by atoms with E-state index < -0.39 is 16.1 Å². The molecule has 3 aromatic rings. The van der Waals surface area contributed by atoms with Crippen LogP contribution in [0.3, 0.4) is 0 Å². The number of hydrogen-bond acceptors (Lipinski definition) is 6. The SMILES string of the molecule is CCc1cccc2sc(NC(=O)[C@@H]3CCCCN3S(=O)(=O)c3cccs3)nc12. The quantitative estimate of drug-likeness (QED) is 0.654. The summed E-state index contributed by atoms with van der Waals surface area (Å²) in [6, 6.07) is 8.59. The van der Waals surface area contributed by atoms with Gasteiger partial charge in [0.05, 0.1) is 10.2 Å². The Kier molecular flexibility index (Phi) is 5.50. The number of benzene rings is 1. The molecule has 6 nitrogen and oxygen atoms in total. The van der Waals surface area contributed by atoms with Crippen molar-refractivity contribution in [3.8, 4) is 0 Å². The highest BCUT2D eigenvalue weighted by molar-refractivity contribution is 7.91. The van der Waals surface area contributed by atoms with Crippen molar-refractivity contribution in [1.82, 2.24) is 9.29 Å². The molecule has 28 heavy (non-hydrogen) atoms. The number of fused-ring (bicyclic) bond motifs is 1. The molecule has 148 valence electrons. The number of piperidine rings is 1. The number of nitrogens with zero attached hydrogens (tertiary/aromatic N) is 2. The molecule has 1 N–H and O–H groups in total. The Morgan fingerprint density at radius 2 is 2.14 bits per heavy atom. The number of anilines is 1. The van der Waals surface area contributed by atoms with Crippen molar-refractivity contribution < 1.29 is 13.2 Å². The molecule has 2 aromatic heterocycles. The zero-order valence-electron chi connectivity index (χ0n) is 15.4. The summed E-state index contributed by atoms with van der Waals surface area (Å²) >= 11 is 2.59. The summed E-state index contributed by atoms with van der Waals surface area (Å²) in [5.41, 5.74) is 2.03. The van der Waals surface area contributed by atoms with Gasteiger partial charge in [-0.05, 0) is 42.3 Å². The van der Waals surface area contributed by atoms with E-state index in [1.54, 1.807) is 17.5 Å². The van der Waals surface area contributed by atoms with Crippen LogP contribution in [0.15, 0.2) is 39.9 Å². The minimum atomic E-state index is -3.67. The van der Waals surface area contributed by atoms with Crippen molar-refractivity contribution in [3.63, 3.8) is 0 Å². The fraction of sp³-hybridized carbons (Fsp3) is 0.368. The fourth-order valence-corrected chi connectivity index (χ4v) is 7.21. The van der Waals surface area contributed by atoms with Crippen LogP contribution in [-0.2, 0) is 21.2 Å². The maximum absolute atomic E-state index is 13.0. The molecule has 1 aliphatic rings. The molecular formula is C19H21N3O3S3. The van der Waals surface area contributed by atoms with Gasteiger partial charge in [-0.1, -0.05) is 42.9 Å². The molecule has 0 spiro atoms. The van der Waals surface area contributed by atoms with Gasteiger partial charge in [0.2, 0.25) is 5.91 Å². The molecule has 0 bridgehead atoms. The molecule has 0 radical (unpaired) electrons. The second-order valence-electron chi connectivity index (χ2n) is 6.69. The molecule has 1 amide bonds. The van der Waals surface area contributed by atoms with E-state index in [1.165, 1.54) is 27.0 Å². The summed E-state index contributed by atoms with van der Waals surface area (Å²) in [6.07, 6.45) is 2.97. The molecule has 0 saturated carbocycles. The van der Waals surface area contributed by atoms with Crippen LogP contribution in [0, 0.1) is 0 Å². The second kappa shape index (κ2) is 7.90. The van der Waals surface area contributed by atoms with Crippen LogP contribution in [0.4, 0.5) is 5.13 Å². The number of rotatable bonds is 5. The van der Waals surface area contributed by atoms with Gasteiger partial charge in [0.25, 0.3) is 10.0 Å². The second-order valence-corrected chi connectivity index (χ2v) is 10.8. The lowest BCUT2D eigenvalue weighted by molar-refractivity contribution is -0.120. The Bertz CT molecular complexity index is 1090. The minimum absolute atomic E-state index is 0.278. The van der Waals surface area contributed by atoms with Gasteiger partial charge < -0.3 is 5.32 Å². The number of thiazole rings is 1. The monoisotopic (exact) mass is 435 g/mol. The normalized spacial score (nSPS) is 18.4. The van der Waals surface area contributed by atoms with Gasteiger partial charge in [-0.15, -0.1) is 11.3 Å². The van der Waals surface area contributed by atoms with E-state index in [1.807, 2.05) is 18.2 Å². The first-order valence-electron chi connectivity index (χ1n) is 9.25. The summed E-state index contributed by atoms with van der Waals surface area (Å²) in [4.78, 5) is 17.6. The topological polar surface area (TPSA) is 79.4 Å². The van der Waals surface area contributed by atoms with Crippen LogP contribution in [0.5, 0.6) is 0 Å². The number of nitrogens with one attached hydrogen (secondary N) is 1. The lowest BCUT2D eigenvalue weighted by Crippen LogP contribution is -2.49. The van der Waals surface area contributed by atoms with Crippen LogP contribution in [0.25, 0.3) is 10.2 Å². The molecule has 1 atom stereocenters. The van der Waals surface area contributed by atoms with Gasteiger partial charge >= 0.3 is 0 Å². The predicted molar refractivity (Wildman–Crippen MR) is 113 cm³/mol. The number of para-hydroxylation sites is 1. The van der Waals surface area contributed by atoms with E-state index in [4.69, 9.17) is 0 Å². The predicted octanol–water partition coefficient (Wildman–Crippen LogP) is 4.10. The van der Waals surface area contributed by atoms with E-state index in [2.05, 4.69) is 17.2 Å². The van der Waals surface area contributed by atoms with E-state index in [-0.39, 0.29) is 10.1 Å². The van der Waals surface area contributed by atoms with E-state index in [0.717, 1.165) is 35.0 Å². The van der Waals surface area contributed by atoms with E-state index in [0.29, 0.717) is 18.1 Å². The summed E-state index contributed by atoms with van der Waals surface area (Å²) in [7, 11) is -3.67. The van der Waals surface area contributed by atoms with Crippen molar-refractivity contribution in [3.05, 3.63) is 41.3 Å². The van der Waals surface area contributed by atoms with Crippen molar-refractivity contribution in [2.45, 2.75) is 42.9 Å². The molecular weight excluding hydrogens is 414 g/mol. The van der Waals surface area contributed by atoms with Gasteiger partial charge in [0, 0.05) is 6.54 Å². The number of amides is 1. The summed E-state index contributed by atoms with van der Waals surface area (Å²) in [5, 5.41) is 5.11. The van der Waals surface area contributed by atoms with Gasteiger partial charge in [0.15, 0.2) is 5.13 Å². The standard InChI is InChI=1S/C19H21N3O3S3/c1-2-13-7-5-9-15-17(13)20-19(27-15)21-18(23)14-8-3-4-11-22(14)28(24,25)16-10-6-12-26-16/h5-7,9-10,12,14H,2-4,8,11H2,1H3,(H,20,21,23)/t14-/m0/s1. The average Bonchev–Trinajstić information content (AvgIpc) is 3.37. The highest BCUT2D eigenvalue weighted by atomic mass is 32.2. The van der Waals surface area contributed by atoms with Crippen LogP contribution < -0.4 is 5.32 Å². The van der Waals surface area contributed by atoms with Crippen molar-refractivity contribution in [2.75, 3.05) is 11.9 Å². The average molecular weight is 436 g/mol. The van der Waals surface area contributed by atoms with Crippen LogP contribution in [0.2, 0.25) is 0 Å². The van der Waals surface area contributed by atoms with Crippen molar-refractivity contribution in [2.24, 2.45) is 0 Å². The Hall–Kier alpha value is -1.81. The summed E-state index contributed by atoms with van der Waals surface area (Å²) in [6.45, 7) is 2.43. The Morgan fingerprint density at radius 1 is 1.29 bits per heavy atom. The molecule has 0 unspecified atom stereocenters. The minimum Gasteiger partial charge on any atom is -0.301 e. The Balaban J connectivity index is 1.59. The molecule has 1 aromatic carbocycles. The maximum Gasteiger partial charge on any atom is 0.253 e. The third-order valence-corrected chi connectivity index (χ3v) is 9.15. The number of aromatic nitrogens is 1. The number of thiophene rings is 1. The van der Waals surface area contributed by atoms with Gasteiger partial charge in [-0.25, -0.2) is 13.4 Å². The molecule has 3 heterocycles. The smallest absolute Gasteiger partial charge is 0.253 e. The van der Waals surface area contributed by atoms with Crippen LogP contribution in [0.1, 0.15) is 31.7 Å². The van der Waals surface area contributed by atoms with Crippen molar-refractivity contribution in [1.29, 1.82) is 0 Å². The first-order valence-corrected chi connectivity index (χ1v) is 12.4. The lowest BCUT2D eigenvalue weighted by atomic mass is 10.0. The van der Waals surface area contributed by atoms with Gasteiger partial charge in [0.1, 0.15) is 10.3 Å². The van der Waals surface area contributed by atoms with Gasteiger partial charge in [-0.3, -0.25) is 4.79 Å². The summed E-state index contributed by atoms with van der Waals surface area (Å²) in [5.74, 6) is -0.308. The molecule has 9 heteroatoms. The number of aryl methyl sites for hydroxylation is 1. The first-order chi connectivity index (χ1) is 13.5. The third-order valence-electron chi connectivity index (χ3n) is 4.93. The first kappa shape index (κ1) is 19.5. The Morgan fingerprint density at radius 3 is 2.89 bits per heavy atom. The highest BCUT2D eigenvalue weighted by Crippen LogP contribution is 2.31. The molecule has 0 aliphatic carbocycles. The summed E-state index contributed by atoms with van der Waals surface area (Å²) < 4.78 is 28.6. The Labute approximate surface area is 172 Å². The van der Waals surface area contributed by atoms with Crippen molar-refractivity contribution >= 4 is 54.0 Å². The zero-order chi connectivity index (χ0) is 19.7.